The molecule has 0 unspecified atom stereocenters. The fraction of sp³-hybridized carbons (Fsp3) is 0.406. The predicted molar refractivity (Wildman–Crippen MR) is 151 cm³/mol. The van der Waals surface area contributed by atoms with E-state index in [0.29, 0.717) is 18.0 Å². The Kier molecular flexibility index (Phi) is 10.6. The molecule has 39 heavy (non-hydrogen) atoms. The van der Waals surface area contributed by atoms with Crippen LogP contribution in [0.3, 0.4) is 0 Å². The molecule has 210 valence electrons. The van der Waals surface area contributed by atoms with Crippen molar-refractivity contribution in [2.75, 3.05) is 6.54 Å². The number of hydrogen-bond donors (Lipinski definition) is 3. The van der Waals surface area contributed by atoms with Crippen LogP contribution in [-0.4, -0.2) is 35.5 Å². The van der Waals surface area contributed by atoms with Crippen LogP contribution in [0.25, 0.3) is 11.1 Å². The molecule has 3 rings (SSSR count). The third kappa shape index (κ3) is 10.1. The summed E-state index contributed by atoms with van der Waals surface area (Å²) < 4.78 is 33.0. The summed E-state index contributed by atoms with van der Waals surface area (Å²) in [6, 6.07) is 18.9. The van der Waals surface area contributed by atoms with Crippen LogP contribution in [0.5, 0.6) is 0 Å². The summed E-state index contributed by atoms with van der Waals surface area (Å²) in [5.74, 6) is -0.922. The average Bonchev–Trinajstić information content (AvgIpc) is 2.82. The van der Waals surface area contributed by atoms with Crippen LogP contribution in [0.4, 0.5) is 13.6 Å². The first-order valence-electron chi connectivity index (χ1n) is 13.4. The number of rotatable bonds is 11. The third-order valence-corrected chi connectivity index (χ3v) is 6.11. The molecule has 0 aromatic heterocycles. The second kappa shape index (κ2) is 13.7. The molecule has 0 spiro atoms. The van der Waals surface area contributed by atoms with Gasteiger partial charge in [-0.25, -0.2) is 13.6 Å². The molecule has 3 aromatic carbocycles. The van der Waals surface area contributed by atoms with Crippen molar-refractivity contribution < 1.29 is 23.4 Å². The van der Waals surface area contributed by atoms with Crippen molar-refractivity contribution in [3.05, 3.63) is 95.1 Å². The molecule has 7 heteroatoms. The normalized spacial score (nSPS) is 13.3. The molecule has 0 aliphatic carbocycles. The molecular weight excluding hydrogens is 498 g/mol. The lowest BCUT2D eigenvalue weighted by Crippen LogP contribution is -2.50. The highest BCUT2D eigenvalue weighted by Gasteiger charge is 2.25. The van der Waals surface area contributed by atoms with Crippen LogP contribution in [-0.2, 0) is 24.1 Å². The van der Waals surface area contributed by atoms with Gasteiger partial charge in [0.1, 0.15) is 17.2 Å². The van der Waals surface area contributed by atoms with Crippen molar-refractivity contribution in [1.82, 2.24) is 10.6 Å². The number of amides is 1. The Balaban J connectivity index is 1.76. The summed E-state index contributed by atoms with van der Waals surface area (Å²) in [4.78, 5) is 12.5. The predicted octanol–water partition coefficient (Wildman–Crippen LogP) is 6.42. The minimum Gasteiger partial charge on any atom is -0.444 e. The Morgan fingerprint density at radius 3 is 2.21 bits per heavy atom. The second-order valence-electron chi connectivity index (χ2n) is 11.4. The molecule has 5 nitrogen and oxygen atoms in total. The average molecular weight is 539 g/mol. The number of aliphatic hydroxyl groups excluding tert-OH is 1. The smallest absolute Gasteiger partial charge is 0.407 e. The number of carbonyl (C=O) groups is 1. The maximum Gasteiger partial charge on any atom is 0.407 e. The lowest BCUT2D eigenvalue weighted by Gasteiger charge is -2.27. The molecular formula is C32H40F2N2O3. The van der Waals surface area contributed by atoms with Gasteiger partial charge in [-0.3, -0.25) is 0 Å². The molecule has 0 bridgehead atoms. The van der Waals surface area contributed by atoms with E-state index in [1.54, 1.807) is 20.8 Å². The SMILES string of the molecule is CC(C)Cc1ccc(-c2ccccc2)c(CNC[C@@H](O)[C@H](Cc2cc(F)cc(F)c2)NC(=O)OC(C)(C)C)c1. The monoisotopic (exact) mass is 538 g/mol. The molecule has 0 saturated carbocycles. The first-order valence-corrected chi connectivity index (χ1v) is 13.4. The Hall–Kier alpha value is -3.29. The zero-order chi connectivity index (χ0) is 28.6. The summed E-state index contributed by atoms with van der Waals surface area (Å²) in [5.41, 5.74) is 4.11. The fourth-order valence-corrected chi connectivity index (χ4v) is 4.51. The summed E-state index contributed by atoms with van der Waals surface area (Å²) in [7, 11) is 0. The van der Waals surface area contributed by atoms with E-state index in [1.165, 1.54) is 17.7 Å². The van der Waals surface area contributed by atoms with Crippen LogP contribution in [0.1, 0.15) is 51.3 Å². The van der Waals surface area contributed by atoms with Crippen LogP contribution in [0.15, 0.2) is 66.7 Å². The largest absolute Gasteiger partial charge is 0.444 e. The van der Waals surface area contributed by atoms with Crippen LogP contribution in [0.2, 0.25) is 0 Å². The van der Waals surface area contributed by atoms with Crippen LogP contribution >= 0.6 is 0 Å². The molecule has 0 radical (unpaired) electrons. The van der Waals surface area contributed by atoms with Gasteiger partial charge in [-0.2, -0.15) is 0 Å². The van der Waals surface area contributed by atoms with Gasteiger partial charge in [-0.15, -0.1) is 0 Å². The minimum absolute atomic E-state index is 0.0237. The van der Waals surface area contributed by atoms with Crippen LogP contribution in [0, 0.1) is 17.6 Å². The lowest BCUT2D eigenvalue weighted by atomic mass is 9.94. The highest BCUT2D eigenvalue weighted by atomic mass is 19.1. The van der Waals surface area contributed by atoms with Gasteiger partial charge in [-0.1, -0.05) is 62.4 Å². The Morgan fingerprint density at radius 1 is 0.923 bits per heavy atom. The molecule has 0 saturated heterocycles. The number of aliphatic hydroxyl groups is 1. The molecule has 1 amide bonds. The molecule has 0 aliphatic rings. The topological polar surface area (TPSA) is 70.6 Å². The van der Waals surface area contributed by atoms with Crippen molar-refractivity contribution >= 4 is 6.09 Å². The highest BCUT2D eigenvalue weighted by Crippen LogP contribution is 2.26. The maximum atomic E-state index is 13.8. The number of benzene rings is 3. The van der Waals surface area contributed by atoms with Crippen LogP contribution < -0.4 is 10.6 Å². The van der Waals surface area contributed by atoms with E-state index >= 15 is 0 Å². The molecule has 2 atom stereocenters. The van der Waals surface area contributed by atoms with Gasteiger partial charge < -0.3 is 20.5 Å². The van der Waals surface area contributed by atoms with Gasteiger partial charge in [0.2, 0.25) is 0 Å². The van der Waals surface area contributed by atoms with E-state index in [1.807, 2.05) is 18.2 Å². The Bertz CT molecular complexity index is 1210. The molecule has 0 heterocycles. The molecule has 3 N–H and O–H groups in total. The number of nitrogens with one attached hydrogen (secondary N) is 2. The van der Waals surface area contributed by atoms with E-state index in [9.17, 15) is 18.7 Å². The maximum absolute atomic E-state index is 13.8. The highest BCUT2D eigenvalue weighted by molar-refractivity contribution is 5.68. The quantitative estimate of drug-likeness (QED) is 0.264. The summed E-state index contributed by atoms with van der Waals surface area (Å²) in [6.07, 6.45) is -0.786. The van der Waals surface area contributed by atoms with Crippen molar-refractivity contribution in [1.29, 1.82) is 0 Å². The first-order chi connectivity index (χ1) is 18.4. The number of ether oxygens (including phenoxy) is 1. The van der Waals surface area contributed by atoms with Gasteiger partial charge in [0.05, 0.1) is 12.1 Å². The van der Waals surface area contributed by atoms with Gasteiger partial charge in [0.25, 0.3) is 0 Å². The van der Waals surface area contributed by atoms with E-state index in [4.69, 9.17) is 4.74 Å². The van der Waals surface area contributed by atoms with Crippen molar-refractivity contribution in [2.24, 2.45) is 5.92 Å². The fourth-order valence-electron chi connectivity index (χ4n) is 4.51. The number of halogens is 2. The number of hydrogen-bond acceptors (Lipinski definition) is 4. The molecule has 3 aromatic rings. The van der Waals surface area contributed by atoms with Crippen molar-refractivity contribution in [3.8, 4) is 11.1 Å². The lowest BCUT2D eigenvalue weighted by molar-refractivity contribution is 0.0422. The third-order valence-electron chi connectivity index (χ3n) is 6.11. The molecule has 0 aliphatic heterocycles. The summed E-state index contributed by atoms with van der Waals surface area (Å²) in [6.45, 7) is 10.2. The zero-order valence-corrected chi connectivity index (χ0v) is 23.4. The van der Waals surface area contributed by atoms with Gasteiger partial charge >= 0.3 is 6.09 Å². The minimum atomic E-state index is -1.05. The van der Waals surface area contributed by atoms with Crippen molar-refractivity contribution in [2.45, 2.75) is 71.8 Å². The summed E-state index contributed by atoms with van der Waals surface area (Å²) >= 11 is 0. The number of carbonyl (C=O) groups excluding carboxylic acids is 1. The van der Waals surface area contributed by atoms with E-state index in [0.717, 1.165) is 29.2 Å². The zero-order valence-electron chi connectivity index (χ0n) is 23.4. The van der Waals surface area contributed by atoms with Gasteiger partial charge in [0, 0.05) is 19.2 Å². The van der Waals surface area contributed by atoms with Gasteiger partial charge in [-0.05, 0) is 79.5 Å². The molecule has 0 fully saturated rings. The number of alkyl carbamates (subject to hydrolysis) is 1. The Labute approximate surface area is 230 Å². The van der Waals surface area contributed by atoms with Crippen molar-refractivity contribution in [3.63, 3.8) is 0 Å². The van der Waals surface area contributed by atoms with E-state index in [-0.39, 0.29) is 13.0 Å². The van der Waals surface area contributed by atoms with E-state index < -0.39 is 35.5 Å². The standard InChI is InChI=1S/C32H40F2N2O3/c1-21(2)13-22-11-12-28(24-9-7-6-8-10-24)25(14-22)19-35-20-30(37)29(36-31(38)39-32(3,4)5)17-23-15-26(33)18-27(34)16-23/h6-12,14-16,18,21,29-30,35,37H,13,17,19-20H2,1-5H3,(H,36,38)/t29-,30+/m0/s1. The second-order valence-corrected chi connectivity index (χ2v) is 11.4. The van der Waals surface area contributed by atoms with E-state index in [2.05, 4.69) is 54.8 Å². The Morgan fingerprint density at radius 2 is 1.59 bits per heavy atom. The summed E-state index contributed by atoms with van der Waals surface area (Å²) in [5, 5.41) is 17.1. The van der Waals surface area contributed by atoms with Gasteiger partial charge in [0.15, 0.2) is 0 Å². The first kappa shape index (κ1) is 30.3.